The number of aromatic nitrogens is 3. The van der Waals surface area contributed by atoms with Crippen LogP contribution in [0, 0.1) is 4.77 Å². The van der Waals surface area contributed by atoms with Crippen molar-refractivity contribution in [1.29, 1.82) is 0 Å². The molecule has 1 saturated heterocycles. The molecule has 118 valence electrons. The lowest BCUT2D eigenvalue weighted by Gasteiger charge is -2.24. The quantitative estimate of drug-likeness (QED) is 0.793. The zero-order valence-corrected chi connectivity index (χ0v) is 13.9. The first-order valence-corrected chi connectivity index (χ1v) is 8.14. The molecule has 0 N–H and O–H groups in total. The van der Waals surface area contributed by atoms with Gasteiger partial charge in [0.05, 0.1) is 13.8 Å². The Balaban J connectivity index is 1.77. The second kappa shape index (κ2) is 6.62. The monoisotopic (exact) mass is 318 g/mol. The molecule has 0 amide bonds. The van der Waals surface area contributed by atoms with E-state index >= 15 is 0 Å². The van der Waals surface area contributed by atoms with E-state index in [2.05, 4.69) is 29.1 Å². The fourth-order valence-corrected chi connectivity index (χ4v) is 3.34. The zero-order chi connectivity index (χ0) is 15.5. The first kappa shape index (κ1) is 15.2. The Hall–Kier alpha value is -1.66. The molecule has 0 spiro atoms. The minimum Gasteiger partial charge on any atom is -0.497 e. The van der Waals surface area contributed by atoms with Crippen LogP contribution in [-0.4, -0.2) is 32.9 Å². The second-order valence-electron chi connectivity index (χ2n) is 5.58. The van der Waals surface area contributed by atoms with Crippen LogP contribution < -0.4 is 4.74 Å². The van der Waals surface area contributed by atoms with Crippen LogP contribution in [0.1, 0.15) is 31.4 Å². The van der Waals surface area contributed by atoms with Gasteiger partial charge in [0.1, 0.15) is 12.1 Å². The molecular formula is C16H22N4OS. The maximum Gasteiger partial charge on any atom is 0.198 e. The van der Waals surface area contributed by atoms with Crippen LogP contribution in [0.25, 0.3) is 0 Å². The van der Waals surface area contributed by atoms with Gasteiger partial charge in [-0.05, 0) is 49.7 Å². The molecule has 0 bridgehead atoms. The number of likely N-dealkylation sites (tertiary alicyclic amines) is 1. The molecule has 0 unspecified atom stereocenters. The molecule has 2 aromatic rings. The highest BCUT2D eigenvalue weighted by atomic mass is 32.1. The average Bonchev–Trinajstić information content (AvgIpc) is 3.15. The Morgan fingerprint density at radius 1 is 1.32 bits per heavy atom. The standard InChI is InChI=1S/C16H22N4OS/c1-3-18-11-17-20(16(18)22)12-19-10-4-5-15(19)13-6-8-14(21-2)9-7-13/h6-9,11,15H,3-5,10,12H2,1-2H3/t15-/m0/s1. The number of benzene rings is 1. The maximum atomic E-state index is 5.47. The molecule has 6 heteroatoms. The molecule has 5 nitrogen and oxygen atoms in total. The van der Waals surface area contributed by atoms with Gasteiger partial charge in [-0.25, -0.2) is 4.68 Å². The number of methoxy groups -OCH3 is 1. The summed E-state index contributed by atoms with van der Waals surface area (Å²) in [4.78, 5) is 2.45. The van der Waals surface area contributed by atoms with Gasteiger partial charge in [0, 0.05) is 19.1 Å². The smallest absolute Gasteiger partial charge is 0.198 e. The van der Waals surface area contributed by atoms with Gasteiger partial charge >= 0.3 is 0 Å². The number of ether oxygens (including phenoxy) is 1. The summed E-state index contributed by atoms with van der Waals surface area (Å²) < 4.78 is 9.95. The van der Waals surface area contributed by atoms with Crippen molar-refractivity contribution < 1.29 is 4.74 Å². The molecule has 1 aliphatic heterocycles. The highest BCUT2D eigenvalue weighted by molar-refractivity contribution is 7.71. The number of nitrogens with zero attached hydrogens (tertiary/aromatic N) is 4. The molecule has 1 aromatic heterocycles. The SMILES string of the molecule is CCn1cnn(CN2CCC[C@H]2c2ccc(OC)cc2)c1=S. The Morgan fingerprint density at radius 2 is 2.09 bits per heavy atom. The third kappa shape index (κ3) is 2.94. The summed E-state index contributed by atoms with van der Waals surface area (Å²) in [6.45, 7) is 4.78. The lowest BCUT2D eigenvalue weighted by atomic mass is 10.0. The average molecular weight is 318 g/mol. The van der Waals surface area contributed by atoms with Gasteiger partial charge < -0.3 is 9.30 Å². The van der Waals surface area contributed by atoms with Gasteiger partial charge in [0.15, 0.2) is 4.77 Å². The Labute approximate surface area is 136 Å². The third-order valence-corrected chi connectivity index (χ3v) is 4.76. The third-order valence-electron chi connectivity index (χ3n) is 4.32. The summed E-state index contributed by atoms with van der Waals surface area (Å²) in [5, 5.41) is 4.42. The maximum absolute atomic E-state index is 5.47. The minimum atomic E-state index is 0.430. The van der Waals surface area contributed by atoms with Gasteiger partial charge in [-0.15, -0.1) is 0 Å². The van der Waals surface area contributed by atoms with Crippen molar-refractivity contribution in [2.75, 3.05) is 13.7 Å². The van der Waals surface area contributed by atoms with Gasteiger partial charge in [-0.2, -0.15) is 5.10 Å². The van der Waals surface area contributed by atoms with Gasteiger partial charge in [0.25, 0.3) is 0 Å². The fraction of sp³-hybridized carbons (Fsp3) is 0.500. The van der Waals surface area contributed by atoms with Crippen molar-refractivity contribution in [3.05, 3.63) is 40.9 Å². The highest BCUT2D eigenvalue weighted by Crippen LogP contribution is 2.32. The Morgan fingerprint density at radius 3 is 2.73 bits per heavy atom. The lowest BCUT2D eigenvalue weighted by molar-refractivity contribution is 0.189. The summed E-state index contributed by atoms with van der Waals surface area (Å²) >= 11 is 5.47. The van der Waals surface area contributed by atoms with Gasteiger partial charge in [0.2, 0.25) is 0 Å². The van der Waals surface area contributed by atoms with Crippen LogP contribution in [0.3, 0.4) is 0 Å². The summed E-state index contributed by atoms with van der Waals surface area (Å²) in [5.74, 6) is 0.900. The molecule has 1 atom stereocenters. The minimum absolute atomic E-state index is 0.430. The molecule has 0 saturated carbocycles. The van der Waals surface area contributed by atoms with Crippen LogP contribution in [0.2, 0.25) is 0 Å². The molecule has 1 fully saturated rings. The van der Waals surface area contributed by atoms with Gasteiger partial charge in [-0.1, -0.05) is 12.1 Å². The first-order valence-electron chi connectivity index (χ1n) is 7.73. The largest absolute Gasteiger partial charge is 0.497 e. The molecule has 1 aliphatic rings. The summed E-state index contributed by atoms with van der Waals surface area (Å²) in [6.07, 6.45) is 4.20. The molecule has 2 heterocycles. The van der Waals surface area contributed by atoms with Crippen molar-refractivity contribution >= 4 is 12.2 Å². The Bertz CT molecular complexity index is 676. The fourth-order valence-electron chi connectivity index (χ4n) is 3.06. The molecule has 3 rings (SSSR count). The molecule has 0 aliphatic carbocycles. The predicted molar refractivity (Wildman–Crippen MR) is 88.4 cm³/mol. The van der Waals surface area contributed by atoms with Crippen LogP contribution in [-0.2, 0) is 13.2 Å². The lowest BCUT2D eigenvalue weighted by Crippen LogP contribution is -2.27. The number of rotatable bonds is 5. The number of hydrogen-bond acceptors (Lipinski definition) is 4. The summed E-state index contributed by atoms with van der Waals surface area (Å²) in [5.41, 5.74) is 1.33. The molecule has 22 heavy (non-hydrogen) atoms. The molecular weight excluding hydrogens is 296 g/mol. The zero-order valence-electron chi connectivity index (χ0n) is 13.1. The van der Waals surface area contributed by atoms with Crippen LogP contribution in [0.5, 0.6) is 5.75 Å². The van der Waals surface area contributed by atoms with Crippen molar-refractivity contribution in [2.45, 2.75) is 39.0 Å². The van der Waals surface area contributed by atoms with Crippen LogP contribution in [0.4, 0.5) is 0 Å². The van der Waals surface area contributed by atoms with E-state index in [1.54, 1.807) is 7.11 Å². The van der Waals surface area contributed by atoms with E-state index in [-0.39, 0.29) is 0 Å². The molecule has 0 radical (unpaired) electrons. The summed E-state index contributed by atoms with van der Waals surface area (Å²) in [7, 11) is 1.70. The summed E-state index contributed by atoms with van der Waals surface area (Å²) in [6, 6.07) is 8.81. The number of hydrogen-bond donors (Lipinski definition) is 0. The van der Waals surface area contributed by atoms with Gasteiger partial charge in [-0.3, -0.25) is 4.90 Å². The highest BCUT2D eigenvalue weighted by Gasteiger charge is 2.26. The first-order chi connectivity index (χ1) is 10.7. The predicted octanol–water partition coefficient (Wildman–Crippen LogP) is 3.24. The van der Waals surface area contributed by atoms with Crippen LogP contribution in [0.15, 0.2) is 30.6 Å². The van der Waals surface area contributed by atoms with E-state index in [4.69, 9.17) is 17.0 Å². The van der Waals surface area contributed by atoms with E-state index < -0.39 is 0 Å². The second-order valence-corrected chi connectivity index (χ2v) is 5.95. The normalized spacial score (nSPS) is 18.7. The van der Waals surface area contributed by atoms with E-state index in [1.807, 2.05) is 27.7 Å². The van der Waals surface area contributed by atoms with E-state index in [0.29, 0.717) is 6.04 Å². The number of aryl methyl sites for hydroxylation is 1. The van der Waals surface area contributed by atoms with Crippen molar-refractivity contribution in [3.8, 4) is 5.75 Å². The van der Waals surface area contributed by atoms with Crippen molar-refractivity contribution in [2.24, 2.45) is 0 Å². The van der Waals surface area contributed by atoms with E-state index in [9.17, 15) is 0 Å². The van der Waals surface area contributed by atoms with Crippen molar-refractivity contribution in [1.82, 2.24) is 19.2 Å². The topological polar surface area (TPSA) is 35.2 Å². The van der Waals surface area contributed by atoms with Crippen LogP contribution >= 0.6 is 12.2 Å². The Kier molecular flexibility index (Phi) is 4.59. The van der Waals surface area contributed by atoms with E-state index in [1.165, 1.54) is 18.4 Å². The van der Waals surface area contributed by atoms with E-state index in [0.717, 1.165) is 30.3 Å². The van der Waals surface area contributed by atoms with Crippen molar-refractivity contribution in [3.63, 3.8) is 0 Å². The molecule has 1 aromatic carbocycles.